The van der Waals surface area contributed by atoms with Crippen molar-refractivity contribution in [1.82, 2.24) is 24.6 Å². The van der Waals surface area contributed by atoms with Crippen molar-refractivity contribution in [2.24, 2.45) is 0 Å². The number of rotatable bonds is 6. The molecular weight excluding hydrogens is 302 g/mol. The van der Waals surface area contributed by atoms with Crippen molar-refractivity contribution in [2.45, 2.75) is 38.9 Å². The van der Waals surface area contributed by atoms with Crippen molar-refractivity contribution < 1.29 is 4.79 Å². The van der Waals surface area contributed by atoms with Gasteiger partial charge in [-0.25, -0.2) is 9.67 Å². The van der Waals surface area contributed by atoms with Crippen LogP contribution in [0.2, 0.25) is 0 Å². The Morgan fingerprint density at radius 2 is 2.17 bits per heavy atom. The predicted molar refractivity (Wildman–Crippen MR) is 92.2 cm³/mol. The molecule has 2 atom stereocenters. The van der Waals surface area contributed by atoms with Gasteiger partial charge in [0.1, 0.15) is 19.2 Å². The number of benzene rings is 1. The molecule has 2 aromatic rings. The monoisotopic (exact) mass is 327 g/mol. The van der Waals surface area contributed by atoms with Crippen LogP contribution < -0.4 is 0 Å². The molecule has 6 heteroatoms. The van der Waals surface area contributed by atoms with Gasteiger partial charge < -0.3 is 4.90 Å². The zero-order valence-corrected chi connectivity index (χ0v) is 14.4. The topological polar surface area (TPSA) is 54.3 Å². The number of likely N-dealkylation sites (N-methyl/N-ethyl adjacent to an activating group) is 1. The van der Waals surface area contributed by atoms with Crippen LogP contribution in [0.15, 0.2) is 43.0 Å². The summed E-state index contributed by atoms with van der Waals surface area (Å²) in [7, 11) is 0. The summed E-state index contributed by atoms with van der Waals surface area (Å²) in [4.78, 5) is 20.9. The molecule has 0 saturated carbocycles. The normalized spacial score (nSPS) is 19.3. The maximum atomic E-state index is 12.6. The highest BCUT2D eigenvalue weighted by Gasteiger charge is 2.32. The van der Waals surface area contributed by atoms with Crippen LogP contribution in [0.3, 0.4) is 0 Å². The standard InChI is InChI=1S/C18H25N5O/c1-3-23(18(24)12-22-14-19-13-20-22)17-9-10-21(11-17)15(2)16-7-5-4-6-8-16/h4-8,13-15,17H,3,9-12H2,1-2H3/t15-,17-/m0/s1. The number of hydrogen-bond acceptors (Lipinski definition) is 4. The van der Waals surface area contributed by atoms with Gasteiger partial charge in [0, 0.05) is 31.7 Å². The first-order chi connectivity index (χ1) is 11.7. The molecule has 3 rings (SSSR count). The highest BCUT2D eigenvalue weighted by atomic mass is 16.2. The number of amides is 1. The number of aromatic nitrogens is 3. The molecule has 2 heterocycles. The van der Waals surface area contributed by atoms with E-state index < -0.39 is 0 Å². The summed E-state index contributed by atoms with van der Waals surface area (Å²) in [5.41, 5.74) is 1.33. The van der Waals surface area contributed by atoms with Gasteiger partial charge in [0.2, 0.25) is 5.91 Å². The van der Waals surface area contributed by atoms with E-state index in [2.05, 4.69) is 46.2 Å². The van der Waals surface area contributed by atoms with Gasteiger partial charge in [-0.15, -0.1) is 0 Å². The molecule has 0 bridgehead atoms. The molecule has 24 heavy (non-hydrogen) atoms. The smallest absolute Gasteiger partial charge is 0.244 e. The lowest BCUT2D eigenvalue weighted by Crippen LogP contribution is -2.43. The Morgan fingerprint density at radius 3 is 2.83 bits per heavy atom. The van der Waals surface area contributed by atoms with E-state index in [1.54, 1.807) is 11.0 Å². The second-order valence-corrected chi connectivity index (χ2v) is 6.30. The molecule has 1 aliphatic rings. The SMILES string of the molecule is CCN(C(=O)Cn1cncn1)[C@H]1CCN([C@@H](C)c2ccccc2)C1. The number of nitrogens with zero attached hydrogens (tertiary/aromatic N) is 5. The third-order valence-corrected chi connectivity index (χ3v) is 4.89. The number of hydrogen-bond donors (Lipinski definition) is 0. The van der Waals surface area contributed by atoms with Crippen LogP contribution in [-0.4, -0.2) is 56.1 Å². The summed E-state index contributed by atoms with van der Waals surface area (Å²) in [6, 6.07) is 11.2. The van der Waals surface area contributed by atoms with E-state index in [0.717, 1.165) is 26.1 Å². The molecule has 128 valence electrons. The van der Waals surface area contributed by atoms with Gasteiger partial charge in [0.05, 0.1) is 0 Å². The second-order valence-electron chi connectivity index (χ2n) is 6.30. The fourth-order valence-corrected chi connectivity index (χ4v) is 3.50. The van der Waals surface area contributed by atoms with E-state index >= 15 is 0 Å². The molecule has 0 unspecified atom stereocenters. The van der Waals surface area contributed by atoms with Gasteiger partial charge in [-0.2, -0.15) is 5.10 Å². The lowest BCUT2D eigenvalue weighted by Gasteiger charge is -2.29. The van der Waals surface area contributed by atoms with Crippen LogP contribution in [0.1, 0.15) is 31.9 Å². The predicted octanol–water partition coefficient (Wildman–Crippen LogP) is 1.96. The molecule has 1 fully saturated rings. The van der Waals surface area contributed by atoms with Crippen molar-refractivity contribution in [3.63, 3.8) is 0 Å². The number of likely N-dealkylation sites (tertiary alicyclic amines) is 1. The Balaban J connectivity index is 1.61. The summed E-state index contributed by atoms with van der Waals surface area (Å²) in [6.45, 7) is 7.22. The Hall–Kier alpha value is -2.21. The maximum absolute atomic E-state index is 12.6. The third kappa shape index (κ3) is 3.64. The van der Waals surface area contributed by atoms with E-state index in [4.69, 9.17) is 0 Å². The minimum Gasteiger partial charge on any atom is -0.337 e. The van der Waals surface area contributed by atoms with E-state index in [1.807, 2.05) is 17.9 Å². The lowest BCUT2D eigenvalue weighted by atomic mass is 10.1. The molecule has 6 nitrogen and oxygen atoms in total. The van der Waals surface area contributed by atoms with Crippen LogP contribution in [0, 0.1) is 0 Å². The first kappa shape index (κ1) is 16.6. The van der Waals surface area contributed by atoms with Crippen molar-refractivity contribution in [2.75, 3.05) is 19.6 Å². The molecule has 0 radical (unpaired) electrons. The molecule has 0 N–H and O–H groups in total. The fraction of sp³-hybridized carbons (Fsp3) is 0.500. The Labute approximate surface area is 143 Å². The van der Waals surface area contributed by atoms with Crippen LogP contribution >= 0.6 is 0 Å². The molecule has 0 aliphatic carbocycles. The molecule has 1 amide bonds. The van der Waals surface area contributed by atoms with Crippen molar-refractivity contribution in [3.8, 4) is 0 Å². The summed E-state index contributed by atoms with van der Waals surface area (Å²) >= 11 is 0. The Morgan fingerprint density at radius 1 is 1.38 bits per heavy atom. The zero-order chi connectivity index (χ0) is 16.9. The third-order valence-electron chi connectivity index (χ3n) is 4.89. The molecule has 1 aromatic carbocycles. The largest absolute Gasteiger partial charge is 0.337 e. The van der Waals surface area contributed by atoms with E-state index in [1.165, 1.54) is 11.9 Å². The molecular formula is C18H25N5O. The van der Waals surface area contributed by atoms with Gasteiger partial charge in [0.15, 0.2) is 0 Å². The Bertz CT molecular complexity index is 643. The average molecular weight is 327 g/mol. The molecule has 1 aliphatic heterocycles. The van der Waals surface area contributed by atoms with Gasteiger partial charge >= 0.3 is 0 Å². The Kier molecular flexibility index (Phi) is 5.25. The van der Waals surface area contributed by atoms with E-state index in [-0.39, 0.29) is 18.5 Å². The van der Waals surface area contributed by atoms with Crippen LogP contribution in [0.5, 0.6) is 0 Å². The average Bonchev–Trinajstić information content (AvgIpc) is 3.28. The lowest BCUT2D eigenvalue weighted by molar-refractivity contribution is -0.134. The first-order valence-electron chi connectivity index (χ1n) is 8.60. The molecule has 0 spiro atoms. The summed E-state index contributed by atoms with van der Waals surface area (Å²) in [5.74, 6) is 0.113. The summed E-state index contributed by atoms with van der Waals surface area (Å²) < 4.78 is 1.59. The maximum Gasteiger partial charge on any atom is 0.244 e. The summed E-state index contributed by atoms with van der Waals surface area (Å²) in [5, 5.41) is 4.03. The molecule has 1 saturated heterocycles. The van der Waals surface area contributed by atoms with Crippen molar-refractivity contribution >= 4 is 5.91 Å². The summed E-state index contributed by atoms with van der Waals surface area (Å²) in [6.07, 6.45) is 4.07. The highest BCUT2D eigenvalue weighted by molar-refractivity contribution is 5.76. The molecule has 1 aromatic heterocycles. The fourth-order valence-electron chi connectivity index (χ4n) is 3.50. The van der Waals surface area contributed by atoms with Crippen molar-refractivity contribution in [3.05, 3.63) is 48.5 Å². The minimum absolute atomic E-state index is 0.113. The first-order valence-corrected chi connectivity index (χ1v) is 8.60. The zero-order valence-electron chi connectivity index (χ0n) is 14.4. The van der Waals surface area contributed by atoms with Gasteiger partial charge in [-0.05, 0) is 25.8 Å². The van der Waals surface area contributed by atoms with Gasteiger partial charge in [-0.1, -0.05) is 30.3 Å². The van der Waals surface area contributed by atoms with Crippen LogP contribution in [0.4, 0.5) is 0 Å². The van der Waals surface area contributed by atoms with Gasteiger partial charge in [-0.3, -0.25) is 9.69 Å². The second kappa shape index (κ2) is 7.57. The number of carbonyl (C=O) groups excluding carboxylic acids is 1. The highest BCUT2D eigenvalue weighted by Crippen LogP contribution is 2.26. The van der Waals surface area contributed by atoms with Gasteiger partial charge in [0.25, 0.3) is 0 Å². The van der Waals surface area contributed by atoms with Crippen LogP contribution in [0.25, 0.3) is 0 Å². The number of carbonyl (C=O) groups is 1. The van der Waals surface area contributed by atoms with E-state index in [0.29, 0.717) is 6.04 Å². The van der Waals surface area contributed by atoms with Crippen LogP contribution in [-0.2, 0) is 11.3 Å². The minimum atomic E-state index is 0.113. The quantitative estimate of drug-likeness (QED) is 0.814. The van der Waals surface area contributed by atoms with Crippen molar-refractivity contribution in [1.29, 1.82) is 0 Å². The van der Waals surface area contributed by atoms with E-state index in [9.17, 15) is 4.79 Å².